The van der Waals surface area contributed by atoms with Crippen molar-refractivity contribution in [3.63, 3.8) is 0 Å². The van der Waals surface area contributed by atoms with Gasteiger partial charge in [-0.05, 0) is 49.5 Å². The van der Waals surface area contributed by atoms with Crippen molar-refractivity contribution in [2.45, 2.75) is 60.3 Å². The van der Waals surface area contributed by atoms with E-state index in [0.717, 1.165) is 24.9 Å². The third kappa shape index (κ3) is 5.27. The lowest BCUT2D eigenvalue weighted by molar-refractivity contribution is 0.137. The third-order valence-corrected chi connectivity index (χ3v) is 4.54. The molecule has 108 valence electrons. The van der Waals surface area contributed by atoms with E-state index in [0.29, 0.717) is 5.41 Å². The Morgan fingerprint density at radius 3 is 2.00 bits per heavy atom. The van der Waals surface area contributed by atoms with Gasteiger partial charge in [-0.3, -0.25) is 0 Å². The fraction of sp³-hybridized carbons (Fsp3) is 1.00. The zero-order valence-corrected chi connectivity index (χ0v) is 13.1. The van der Waals surface area contributed by atoms with Crippen LogP contribution in [0.3, 0.4) is 0 Å². The molecule has 1 aliphatic carbocycles. The van der Waals surface area contributed by atoms with Gasteiger partial charge in [0.1, 0.15) is 0 Å². The quantitative estimate of drug-likeness (QED) is 0.788. The molecule has 0 aromatic carbocycles. The zero-order valence-electron chi connectivity index (χ0n) is 13.1. The molecule has 0 radical (unpaired) electrons. The lowest BCUT2D eigenvalue weighted by Crippen LogP contribution is -2.36. The lowest BCUT2D eigenvalue weighted by atomic mass is 9.70. The van der Waals surface area contributed by atoms with E-state index >= 15 is 0 Å². The van der Waals surface area contributed by atoms with E-state index in [4.69, 9.17) is 0 Å². The highest BCUT2D eigenvalue weighted by Gasteiger charge is 2.29. The summed E-state index contributed by atoms with van der Waals surface area (Å²) >= 11 is 0. The molecular formula is C16H33NO. The molecule has 0 aromatic heterocycles. The average molecular weight is 255 g/mol. The molecule has 0 unspecified atom stereocenters. The molecule has 0 bridgehead atoms. The maximum absolute atomic E-state index is 9.22. The Morgan fingerprint density at radius 2 is 1.56 bits per heavy atom. The minimum absolute atomic E-state index is 0.0165. The smallest absolute Gasteiger partial charge is 0.0494 e. The van der Waals surface area contributed by atoms with Crippen molar-refractivity contribution in [1.82, 2.24) is 5.32 Å². The van der Waals surface area contributed by atoms with E-state index in [1.807, 2.05) is 0 Å². The maximum Gasteiger partial charge on any atom is 0.0494 e. The molecule has 0 atom stereocenters. The second-order valence-corrected chi connectivity index (χ2v) is 8.04. The van der Waals surface area contributed by atoms with Crippen LogP contribution >= 0.6 is 0 Å². The minimum atomic E-state index is 0.0165. The molecule has 18 heavy (non-hydrogen) atoms. The van der Waals surface area contributed by atoms with Gasteiger partial charge in [-0.2, -0.15) is 0 Å². The number of rotatable bonds is 5. The largest absolute Gasteiger partial charge is 0.396 e. The molecule has 1 aliphatic rings. The lowest BCUT2D eigenvalue weighted by Gasteiger charge is -2.37. The first-order valence-corrected chi connectivity index (χ1v) is 7.56. The predicted octanol–water partition coefficient (Wildman–Crippen LogP) is 3.45. The van der Waals surface area contributed by atoms with Crippen molar-refractivity contribution in [2.75, 3.05) is 19.7 Å². The van der Waals surface area contributed by atoms with E-state index < -0.39 is 0 Å². The molecule has 0 amide bonds. The van der Waals surface area contributed by atoms with Crippen LogP contribution in [0.15, 0.2) is 0 Å². The second kappa shape index (κ2) is 6.38. The first kappa shape index (κ1) is 16.0. The van der Waals surface area contributed by atoms with Gasteiger partial charge in [0, 0.05) is 18.6 Å². The summed E-state index contributed by atoms with van der Waals surface area (Å²) < 4.78 is 0. The van der Waals surface area contributed by atoms with Crippen molar-refractivity contribution in [3.05, 3.63) is 0 Å². The highest BCUT2D eigenvalue weighted by atomic mass is 16.3. The second-order valence-electron chi connectivity index (χ2n) is 8.04. The van der Waals surface area contributed by atoms with Gasteiger partial charge < -0.3 is 10.4 Å². The number of hydrogen-bond donors (Lipinski definition) is 2. The van der Waals surface area contributed by atoms with Crippen LogP contribution in [-0.2, 0) is 0 Å². The highest BCUT2D eigenvalue weighted by Crippen LogP contribution is 2.39. The molecule has 0 spiro atoms. The van der Waals surface area contributed by atoms with E-state index in [1.54, 1.807) is 0 Å². The van der Waals surface area contributed by atoms with Gasteiger partial charge in [0.05, 0.1) is 0 Å². The maximum atomic E-state index is 9.22. The Kier molecular flexibility index (Phi) is 5.67. The van der Waals surface area contributed by atoms with Gasteiger partial charge in [-0.1, -0.05) is 34.6 Å². The van der Waals surface area contributed by atoms with Gasteiger partial charge in [0.15, 0.2) is 0 Å². The standard InChI is InChI=1S/C16H33NO/c1-15(2,3)14-8-6-13(7-9-14)10-17-11-16(4,5)12-18/h13-14,17-18H,6-12H2,1-5H3. The summed E-state index contributed by atoms with van der Waals surface area (Å²) in [5.74, 6) is 1.75. The summed E-state index contributed by atoms with van der Waals surface area (Å²) in [7, 11) is 0. The zero-order chi connectivity index (χ0) is 13.8. The van der Waals surface area contributed by atoms with E-state index in [1.165, 1.54) is 25.7 Å². The Morgan fingerprint density at radius 1 is 1.00 bits per heavy atom. The highest BCUT2D eigenvalue weighted by molar-refractivity contribution is 4.81. The predicted molar refractivity (Wildman–Crippen MR) is 78.6 cm³/mol. The fourth-order valence-electron chi connectivity index (χ4n) is 2.90. The summed E-state index contributed by atoms with van der Waals surface area (Å²) in [6.45, 7) is 13.6. The van der Waals surface area contributed by atoms with Crippen LogP contribution in [-0.4, -0.2) is 24.8 Å². The Bertz CT molecular complexity index is 234. The molecule has 2 heteroatoms. The van der Waals surface area contributed by atoms with Crippen molar-refractivity contribution >= 4 is 0 Å². The topological polar surface area (TPSA) is 32.3 Å². The van der Waals surface area contributed by atoms with Crippen molar-refractivity contribution in [1.29, 1.82) is 0 Å². The summed E-state index contributed by atoms with van der Waals surface area (Å²) in [5, 5.41) is 12.8. The van der Waals surface area contributed by atoms with Crippen LogP contribution < -0.4 is 5.32 Å². The SMILES string of the molecule is CC(C)(CO)CNCC1CCC(C(C)(C)C)CC1. The van der Waals surface area contributed by atoms with Crippen LogP contribution in [0, 0.1) is 22.7 Å². The Labute approximate surface area is 114 Å². The Hall–Kier alpha value is -0.0800. The molecule has 1 rings (SSSR count). The van der Waals surface area contributed by atoms with E-state index in [-0.39, 0.29) is 12.0 Å². The van der Waals surface area contributed by atoms with Gasteiger partial charge in [-0.15, -0.1) is 0 Å². The normalized spacial score (nSPS) is 26.3. The molecule has 0 heterocycles. The fourth-order valence-corrected chi connectivity index (χ4v) is 2.90. The molecule has 2 nitrogen and oxygen atoms in total. The van der Waals surface area contributed by atoms with Gasteiger partial charge in [0.25, 0.3) is 0 Å². The molecule has 0 aliphatic heterocycles. The van der Waals surface area contributed by atoms with Gasteiger partial charge in [-0.25, -0.2) is 0 Å². The molecule has 1 fully saturated rings. The first-order valence-electron chi connectivity index (χ1n) is 7.56. The van der Waals surface area contributed by atoms with Crippen LogP contribution in [0.4, 0.5) is 0 Å². The van der Waals surface area contributed by atoms with Crippen LogP contribution in [0.25, 0.3) is 0 Å². The summed E-state index contributed by atoms with van der Waals surface area (Å²) in [4.78, 5) is 0. The van der Waals surface area contributed by atoms with E-state index in [2.05, 4.69) is 39.9 Å². The average Bonchev–Trinajstić information content (AvgIpc) is 2.28. The third-order valence-electron chi connectivity index (χ3n) is 4.54. The monoisotopic (exact) mass is 255 g/mol. The number of aliphatic hydroxyl groups is 1. The molecular weight excluding hydrogens is 222 g/mol. The molecule has 0 aromatic rings. The van der Waals surface area contributed by atoms with Crippen LogP contribution in [0.5, 0.6) is 0 Å². The number of hydrogen-bond acceptors (Lipinski definition) is 2. The number of aliphatic hydroxyl groups excluding tert-OH is 1. The summed E-state index contributed by atoms with van der Waals surface area (Å²) in [6, 6.07) is 0. The van der Waals surface area contributed by atoms with Crippen LogP contribution in [0.2, 0.25) is 0 Å². The summed E-state index contributed by atoms with van der Waals surface area (Å²) in [6.07, 6.45) is 5.52. The molecule has 2 N–H and O–H groups in total. The molecule has 0 saturated heterocycles. The van der Waals surface area contributed by atoms with Crippen molar-refractivity contribution < 1.29 is 5.11 Å². The van der Waals surface area contributed by atoms with Crippen LogP contribution in [0.1, 0.15) is 60.3 Å². The summed E-state index contributed by atoms with van der Waals surface area (Å²) in [5.41, 5.74) is 0.500. The van der Waals surface area contributed by atoms with Gasteiger partial charge >= 0.3 is 0 Å². The molecule has 1 saturated carbocycles. The van der Waals surface area contributed by atoms with E-state index in [9.17, 15) is 5.11 Å². The van der Waals surface area contributed by atoms with Gasteiger partial charge in [0.2, 0.25) is 0 Å². The first-order chi connectivity index (χ1) is 8.24. The van der Waals surface area contributed by atoms with Crippen molar-refractivity contribution in [2.24, 2.45) is 22.7 Å². The Balaban J connectivity index is 2.20. The number of nitrogens with one attached hydrogen (secondary N) is 1. The van der Waals surface area contributed by atoms with Crippen molar-refractivity contribution in [3.8, 4) is 0 Å². The minimum Gasteiger partial charge on any atom is -0.396 e.